The van der Waals surface area contributed by atoms with Crippen molar-refractivity contribution in [3.63, 3.8) is 0 Å². The highest BCUT2D eigenvalue weighted by molar-refractivity contribution is 5.97. The van der Waals surface area contributed by atoms with Gasteiger partial charge in [-0.1, -0.05) is 52.3 Å². The lowest BCUT2D eigenvalue weighted by Crippen LogP contribution is -2.29. The predicted octanol–water partition coefficient (Wildman–Crippen LogP) is 3.76. The molecule has 158 valence electrons. The van der Waals surface area contributed by atoms with Gasteiger partial charge in [-0.2, -0.15) is 0 Å². The highest BCUT2D eigenvalue weighted by atomic mass is 16.5. The average Bonchev–Trinajstić information content (AvgIpc) is 2.82. The Balaban J connectivity index is 2.33. The van der Waals surface area contributed by atoms with Crippen LogP contribution in [-0.4, -0.2) is 28.5 Å². The van der Waals surface area contributed by atoms with E-state index < -0.39 is 5.41 Å². The molecule has 0 radical (unpaired) electrons. The molecule has 0 atom stereocenters. The monoisotopic (exact) mass is 399 g/mol. The van der Waals surface area contributed by atoms with E-state index in [1.54, 1.807) is 4.68 Å². The first kappa shape index (κ1) is 21.4. The van der Waals surface area contributed by atoms with Crippen LogP contribution < -0.4 is 10.9 Å². The maximum Gasteiger partial charge on any atom is 0.276 e. The number of hydrogen-bond donors (Lipinski definition) is 1. The molecule has 0 unspecified atom stereocenters. The Morgan fingerprint density at radius 3 is 2.10 bits per heavy atom. The number of amides is 1. The third-order valence-electron chi connectivity index (χ3n) is 5.50. The number of nitrogens with one attached hydrogen (secondary N) is 1. The molecule has 1 aromatic heterocycles. The molecule has 0 bridgehead atoms. The number of hydrogen-bond acceptors (Lipinski definition) is 3. The zero-order valence-electron chi connectivity index (χ0n) is 18.5. The molecule has 1 aliphatic rings. The van der Waals surface area contributed by atoms with Crippen LogP contribution in [0.5, 0.6) is 0 Å². The molecule has 29 heavy (non-hydrogen) atoms. The summed E-state index contributed by atoms with van der Waals surface area (Å²) in [5, 5.41) is 3.09. The van der Waals surface area contributed by atoms with E-state index >= 15 is 0 Å². The van der Waals surface area contributed by atoms with Crippen LogP contribution in [0.25, 0.3) is 11.1 Å². The Morgan fingerprint density at radius 1 is 1.03 bits per heavy atom. The van der Waals surface area contributed by atoms with Gasteiger partial charge in [0.15, 0.2) is 0 Å². The summed E-state index contributed by atoms with van der Waals surface area (Å²) in [6, 6.07) is 4.31. The van der Waals surface area contributed by atoms with Crippen molar-refractivity contribution in [3.8, 4) is 11.1 Å². The van der Waals surface area contributed by atoms with Crippen molar-refractivity contribution in [2.24, 2.45) is 5.41 Å². The average molecular weight is 400 g/mol. The van der Waals surface area contributed by atoms with Gasteiger partial charge in [-0.25, -0.2) is 4.68 Å². The maximum atomic E-state index is 13.6. The summed E-state index contributed by atoms with van der Waals surface area (Å²) in [6.45, 7) is 14.0. The predicted molar refractivity (Wildman–Crippen MR) is 117 cm³/mol. The zero-order valence-corrected chi connectivity index (χ0v) is 18.5. The molecule has 0 aliphatic carbocycles. The third-order valence-corrected chi connectivity index (χ3v) is 5.50. The van der Waals surface area contributed by atoms with Gasteiger partial charge in [0, 0.05) is 5.41 Å². The van der Waals surface area contributed by atoms with E-state index in [2.05, 4.69) is 38.2 Å². The van der Waals surface area contributed by atoms with Crippen LogP contribution in [-0.2, 0) is 35.5 Å². The molecule has 1 aromatic carbocycles. The van der Waals surface area contributed by atoms with Gasteiger partial charge in [-0.05, 0) is 36.5 Å². The summed E-state index contributed by atoms with van der Waals surface area (Å²) >= 11 is 0. The molecule has 0 saturated carbocycles. The standard InChI is InChI=1S/C23H33N3O3/c1-7-16-13-15(3)14-17(8-2)18(16)19-20(24-22(28)23(4,5)6)25-9-11-29-12-10-26(25)21(19)27/h13-14H,7-12H2,1-6H3,(H,24,28). The molecule has 2 heterocycles. The van der Waals surface area contributed by atoms with E-state index in [1.807, 2.05) is 25.5 Å². The van der Waals surface area contributed by atoms with Gasteiger partial charge in [0.2, 0.25) is 5.91 Å². The fraction of sp³-hybridized carbons (Fsp3) is 0.565. The molecular weight excluding hydrogens is 366 g/mol. The Kier molecular flexibility index (Phi) is 6.03. The van der Waals surface area contributed by atoms with Gasteiger partial charge in [0.25, 0.3) is 5.56 Å². The number of carbonyl (C=O) groups is 1. The Morgan fingerprint density at radius 2 is 1.59 bits per heavy atom. The van der Waals surface area contributed by atoms with Gasteiger partial charge in [0.05, 0.1) is 31.9 Å². The summed E-state index contributed by atoms with van der Waals surface area (Å²) in [6.07, 6.45) is 1.65. The molecular formula is C23H33N3O3. The molecule has 0 fully saturated rings. The molecule has 1 N–H and O–H groups in total. The quantitative estimate of drug-likeness (QED) is 0.851. The number of anilines is 1. The van der Waals surface area contributed by atoms with Crippen molar-refractivity contribution < 1.29 is 9.53 Å². The van der Waals surface area contributed by atoms with Crippen LogP contribution in [0.4, 0.5) is 5.82 Å². The second kappa shape index (κ2) is 8.19. The highest BCUT2D eigenvalue weighted by Crippen LogP contribution is 2.34. The number of fused-ring (bicyclic) bond motifs is 1. The van der Waals surface area contributed by atoms with Crippen LogP contribution in [0.15, 0.2) is 16.9 Å². The Hall–Kier alpha value is -2.34. The van der Waals surface area contributed by atoms with Crippen LogP contribution >= 0.6 is 0 Å². The Bertz CT molecular complexity index is 951. The van der Waals surface area contributed by atoms with E-state index in [-0.39, 0.29) is 11.5 Å². The minimum atomic E-state index is -0.564. The summed E-state index contributed by atoms with van der Waals surface area (Å²) in [5.41, 5.74) is 4.43. The van der Waals surface area contributed by atoms with Crippen molar-refractivity contribution >= 4 is 11.7 Å². The lowest BCUT2D eigenvalue weighted by atomic mass is 9.90. The van der Waals surface area contributed by atoms with Gasteiger partial charge < -0.3 is 10.1 Å². The fourth-order valence-electron chi connectivity index (χ4n) is 3.92. The number of rotatable bonds is 4. The Labute approximate surface area is 172 Å². The van der Waals surface area contributed by atoms with Crippen LogP contribution in [0.1, 0.15) is 51.3 Å². The summed E-state index contributed by atoms with van der Waals surface area (Å²) in [5.74, 6) is 0.488. The minimum absolute atomic E-state index is 0.0621. The minimum Gasteiger partial charge on any atom is -0.378 e. The summed E-state index contributed by atoms with van der Waals surface area (Å²) in [7, 11) is 0. The van der Waals surface area contributed by atoms with Crippen molar-refractivity contribution in [3.05, 3.63) is 39.2 Å². The van der Waals surface area contributed by atoms with Crippen molar-refractivity contribution in [1.29, 1.82) is 0 Å². The first-order chi connectivity index (χ1) is 13.7. The molecule has 6 nitrogen and oxygen atoms in total. The molecule has 1 aliphatic heterocycles. The molecule has 2 aromatic rings. The molecule has 1 amide bonds. The van der Waals surface area contributed by atoms with E-state index in [9.17, 15) is 9.59 Å². The largest absolute Gasteiger partial charge is 0.378 e. The van der Waals surface area contributed by atoms with Crippen LogP contribution in [0.3, 0.4) is 0 Å². The third kappa shape index (κ3) is 4.04. The molecule has 0 spiro atoms. The number of aryl methyl sites for hydroxylation is 3. The van der Waals surface area contributed by atoms with E-state index in [0.29, 0.717) is 37.7 Å². The van der Waals surface area contributed by atoms with E-state index in [4.69, 9.17) is 4.74 Å². The van der Waals surface area contributed by atoms with Gasteiger partial charge in [0.1, 0.15) is 5.82 Å². The topological polar surface area (TPSA) is 65.3 Å². The summed E-state index contributed by atoms with van der Waals surface area (Å²) in [4.78, 5) is 26.5. The van der Waals surface area contributed by atoms with E-state index in [1.165, 1.54) is 5.56 Å². The number of aromatic nitrogens is 2. The molecule has 3 rings (SSSR count). The number of nitrogens with zero attached hydrogens (tertiary/aromatic N) is 2. The lowest BCUT2D eigenvalue weighted by molar-refractivity contribution is -0.123. The van der Waals surface area contributed by atoms with Crippen molar-refractivity contribution in [2.75, 3.05) is 18.5 Å². The fourth-order valence-corrected chi connectivity index (χ4v) is 3.92. The van der Waals surface area contributed by atoms with Gasteiger partial charge >= 0.3 is 0 Å². The lowest BCUT2D eigenvalue weighted by Gasteiger charge is -2.21. The van der Waals surface area contributed by atoms with Gasteiger partial charge in [-0.3, -0.25) is 14.3 Å². The van der Waals surface area contributed by atoms with Gasteiger partial charge in [-0.15, -0.1) is 0 Å². The first-order valence-corrected chi connectivity index (χ1v) is 10.5. The van der Waals surface area contributed by atoms with E-state index in [0.717, 1.165) is 29.5 Å². The molecule has 6 heteroatoms. The van der Waals surface area contributed by atoms with Crippen LogP contribution in [0.2, 0.25) is 0 Å². The summed E-state index contributed by atoms with van der Waals surface area (Å²) < 4.78 is 9.19. The number of ether oxygens (including phenoxy) is 1. The zero-order chi connectivity index (χ0) is 21.3. The smallest absolute Gasteiger partial charge is 0.276 e. The number of benzene rings is 1. The SMILES string of the molecule is CCc1cc(C)cc(CC)c1-c1c(NC(=O)C(C)(C)C)n2n(c1=O)CCOCC2. The van der Waals surface area contributed by atoms with Crippen molar-refractivity contribution in [1.82, 2.24) is 9.36 Å². The first-order valence-electron chi connectivity index (χ1n) is 10.5. The molecule has 0 saturated heterocycles. The second-order valence-electron chi connectivity index (χ2n) is 8.76. The van der Waals surface area contributed by atoms with Crippen molar-refractivity contribution in [2.45, 2.75) is 67.5 Å². The normalized spacial score (nSPS) is 14.4. The van der Waals surface area contributed by atoms with Crippen LogP contribution in [0, 0.1) is 12.3 Å². The highest BCUT2D eigenvalue weighted by Gasteiger charge is 2.30. The maximum absolute atomic E-state index is 13.6. The number of carbonyl (C=O) groups excluding carboxylic acids is 1. The second-order valence-corrected chi connectivity index (χ2v) is 8.76.